The number of halogens is 2. The van der Waals surface area contributed by atoms with E-state index >= 15 is 0 Å². The molecule has 0 aliphatic rings. The predicted molar refractivity (Wildman–Crippen MR) is 105 cm³/mol. The van der Waals surface area contributed by atoms with Crippen molar-refractivity contribution in [2.75, 3.05) is 0 Å². The first-order valence-corrected chi connectivity index (χ1v) is 9.06. The highest BCUT2D eigenvalue weighted by atomic mass is 127. The summed E-state index contributed by atoms with van der Waals surface area (Å²) in [6.07, 6.45) is 2.09. The Bertz CT molecular complexity index is 710. The van der Waals surface area contributed by atoms with Crippen LogP contribution < -0.4 is 0 Å². The van der Waals surface area contributed by atoms with E-state index in [1.165, 1.54) is 12.1 Å². The summed E-state index contributed by atoms with van der Waals surface area (Å²) in [6.45, 7) is 10.8. The highest BCUT2D eigenvalue weighted by Gasteiger charge is 2.21. The van der Waals surface area contributed by atoms with Gasteiger partial charge in [0.1, 0.15) is 5.82 Å². The van der Waals surface area contributed by atoms with Crippen molar-refractivity contribution in [1.29, 1.82) is 0 Å². The van der Waals surface area contributed by atoms with E-state index in [9.17, 15) is 4.39 Å². The Morgan fingerprint density at radius 2 is 1.74 bits per heavy atom. The van der Waals surface area contributed by atoms with Gasteiger partial charge in [-0.25, -0.2) is 4.39 Å². The average molecular weight is 423 g/mol. The molecule has 0 radical (unpaired) electrons. The Labute approximate surface area is 152 Å². The monoisotopic (exact) mass is 423 g/mol. The van der Waals surface area contributed by atoms with E-state index in [-0.39, 0.29) is 11.2 Å². The van der Waals surface area contributed by atoms with Gasteiger partial charge in [0.25, 0.3) is 0 Å². The van der Waals surface area contributed by atoms with Gasteiger partial charge in [0.15, 0.2) is 0 Å². The van der Waals surface area contributed by atoms with E-state index in [0.717, 1.165) is 28.1 Å². The van der Waals surface area contributed by atoms with Gasteiger partial charge in [0, 0.05) is 16.7 Å². The molecule has 122 valence electrons. The second-order valence-electron chi connectivity index (χ2n) is 7.06. The van der Waals surface area contributed by atoms with Crippen LogP contribution in [-0.4, -0.2) is 4.98 Å². The Balaban J connectivity index is 2.80. The third-order valence-electron chi connectivity index (χ3n) is 3.79. The van der Waals surface area contributed by atoms with Gasteiger partial charge < -0.3 is 0 Å². The molecule has 0 atom stereocenters. The third kappa shape index (κ3) is 4.19. The van der Waals surface area contributed by atoms with Gasteiger partial charge in [-0.3, -0.25) is 4.98 Å². The Morgan fingerprint density at radius 1 is 1.13 bits per heavy atom. The smallest absolute Gasteiger partial charge is 0.123 e. The van der Waals surface area contributed by atoms with E-state index < -0.39 is 0 Å². The van der Waals surface area contributed by atoms with Gasteiger partial charge in [-0.15, -0.1) is 0 Å². The van der Waals surface area contributed by atoms with E-state index in [1.807, 2.05) is 16.2 Å². The molecule has 0 spiro atoms. The lowest BCUT2D eigenvalue weighted by Crippen LogP contribution is -2.16. The summed E-state index contributed by atoms with van der Waals surface area (Å²) in [7, 11) is 0. The molecule has 0 saturated carbocycles. The van der Waals surface area contributed by atoms with Crippen molar-refractivity contribution >= 4 is 28.7 Å². The molecule has 2 rings (SSSR count). The number of aromatic nitrogens is 1. The second-order valence-corrected chi connectivity index (χ2v) is 7.78. The summed E-state index contributed by atoms with van der Waals surface area (Å²) in [5.74, 6) is 0.105. The highest BCUT2D eigenvalue weighted by molar-refractivity contribution is 14.1. The van der Waals surface area contributed by atoms with Crippen LogP contribution in [0.4, 0.5) is 4.39 Å². The van der Waals surface area contributed by atoms with Crippen molar-refractivity contribution in [2.45, 2.75) is 46.0 Å². The first kappa shape index (κ1) is 18.1. The number of nitrogens with zero attached hydrogens (tertiary/aromatic N) is 1. The first-order chi connectivity index (χ1) is 10.7. The summed E-state index contributed by atoms with van der Waals surface area (Å²) in [6, 6.07) is 8.85. The van der Waals surface area contributed by atoms with E-state index in [4.69, 9.17) is 4.98 Å². The molecule has 1 aromatic heterocycles. The molecule has 0 aliphatic heterocycles. The number of hydrogen-bond acceptors (Lipinski definition) is 1. The number of hydrogen-bond donors (Lipinski definition) is 0. The van der Waals surface area contributed by atoms with Crippen LogP contribution in [0.5, 0.6) is 0 Å². The van der Waals surface area contributed by atoms with Crippen LogP contribution in [0.15, 0.2) is 34.4 Å². The summed E-state index contributed by atoms with van der Waals surface area (Å²) in [5.41, 5.74) is 5.36. The number of benzene rings is 1. The van der Waals surface area contributed by atoms with Crippen molar-refractivity contribution in [1.82, 2.24) is 4.98 Å². The van der Waals surface area contributed by atoms with Crippen LogP contribution in [0, 0.1) is 5.82 Å². The van der Waals surface area contributed by atoms with E-state index in [0.29, 0.717) is 5.92 Å². The van der Waals surface area contributed by atoms with Crippen molar-refractivity contribution < 1.29 is 4.39 Å². The van der Waals surface area contributed by atoms with Gasteiger partial charge in [0.2, 0.25) is 0 Å². The lowest BCUT2D eigenvalue weighted by atomic mass is 9.86. The average Bonchev–Trinajstić information content (AvgIpc) is 2.47. The standard InChI is InChI=1S/C20H23FIN/c1-13(2)19-16(10-11-22)17(12-18(23-19)20(3,4)5)14-6-8-15(21)9-7-14/h6-13H,1-5H3/b11-10+. The molecule has 3 heteroatoms. The number of rotatable bonds is 3. The molecule has 2 aromatic rings. The first-order valence-electron chi connectivity index (χ1n) is 7.82. The number of pyridine rings is 1. The third-order valence-corrected chi connectivity index (χ3v) is 4.15. The van der Waals surface area contributed by atoms with Crippen molar-refractivity contribution in [2.24, 2.45) is 0 Å². The molecule has 0 saturated heterocycles. The molecule has 0 unspecified atom stereocenters. The maximum Gasteiger partial charge on any atom is 0.123 e. The predicted octanol–water partition coefficient (Wildman–Crippen LogP) is 6.71. The molecule has 1 nitrogen and oxygen atoms in total. The van der Waals surface area contributed by atoms with Gasteiger partial charge in [-0.05, 0) is 45.4 Å². The quantitative estimate of drug-likeness (QED) is 0.500. The largest absolute Gasteiger partial charge is 0.256 e. The summed E-state index contributed by atoms with van der Waals surface area (Å²) in [4.78, 5) is 4.94. The summed E-state index contributed by atoms with van der Waals surface area (Å²) >= 11 is 2.23. The highest BCUT2D eigenvalue weighted by Crippen LogP contribution is 2.34. The van der Waals surface area contributed by atoms with E-state index in [2.05, 4.69) is 69.4 Å². The minimum absolute atomic E-state index is 0.0367. The van der Waals surface area contributed by atoms with Crippen molar-refractivity contribution in [3.63, 3.8) is 0 Å². The Hall–Kier alpha value is -1.23. The molecule has 1 heterocycles. The van der Waals surface area contributed by atoms with Gasteiger partial charge in [0.05, 0.1) is 5.69 Å². The van der Waals surface area contributed by atoms with E-state index in [1.54, 1.807) is 0 Å². The zero-order valence-electron chi connectivity index (χ0n) is 14.3. The van der Waals surface area contributed by atoms with Crippen molar-refractivity contribution in [3.8, 4) is 11.1 Å². The fourth-order valence-corrected chi connectivity index (χ4v) is 2.87. The van der Waals surface area contributed by atoms with Gasteiger partial charge >= 0.3 is 0 Å². The maximum atomic E-state index is 13.3. The molecular weight excluding hydrogens is 400 g/mol. The fraction of sp³-hybridized carbons (Fsp3) is 0.350. The zero-order valence-corrected chi connectivity index (χ0v) is 16.5. The lowest BCUT2D eigenvalue weighted by molar-refractivity contribution is 0.563. The molecule has 1 aromatic carbocycles. The SMILES string of the molecule is CC(C)c1nc(C(C)(C)C)cc(-c2ccc(F)cc2)c1/C=C/I. The lowest BCUT2D eigenvalue weighted by Gasteiger charge is -2.23. The van der Waals surface area contributed by atoms with Crippen LogP contribution in [0.3, 0.4) is 0 Å². The normalized spacial score (nSPS) is 12.3. The molecule has 0 N–H and O–H groups in total. The minimum atomic E-state index is -0.214. The topological polar surface area (TPSA) is 12.9 Å². The summed E-state index contributed by atoms with van der Waals surface area (Å²) in [5, 5.41) is 0. The molecule has 0 bridgehead atoms. The van der Waals surface area contributed by atoms with Crippen LogP contribution in [0.1, 0.15) is 57.5 Å². The van der Waals surface area contributed by atoms with Gasteiger partial charge in [-0.2, -0.15) is 0 Å². The van der Waals surface area contributed by atoms with Gasteiger partial charge in [-0.1, -0.05) is 69.3 Å². The Kier molecular flexibility index (Phi) is 5.61. The van der Waals surface area contributed by atoms with Crippen LogP contribution >= 0.6 is 22.6 Å². The molecule has 0 aliphatic carbocycles. The zero-order chi connectivity index (χ0) is 17.2. The van der Waals surface area contributed by atoms with Crippen LogP contribution in [-0.2, 0) is 5.41 Å². The Morgan fingerprint density at radius 3 is 2.22 bits per heavy atom. The molecule has 0 fully saturated rings. The second kappa shape index (κ2) is 7.12. The van der Waals surface area contributed by atoms with Crippen molar-refractivity contribution in [3.05, 3.63) is 57.2 Å². The van der Waals surface area contributed by atoms with Crippen LogP contribution in [0.25, 0.3) is 17.2 Å². The molecule has 23 heavy (non-hydrogen) atoms. The summed E-state index contributed by atoms with van der Waals surface area (Å²) < 4.78 is 15.3. The fourth-order valence-electron chi connectivity index (χ4n) is 2.51. The minimum Gasteiger partial charge on any atom is -0.256 e. The molecule has 0 amide bonds. The molecular formula is C20H23FIN. The van der Waals surface area contributed by atoms with Crippen LogP contribution in [0.2, 0.25) is 0 Å². The maximum absolute atomic E-state index is 13.3.